The Morgan fingerprint density at radius 3 is 2.50 bits per heavy atom. The molecule has 1 N–H and O–H groups in total. The Balaban J connectivity index is 1.67. The summed E-state index contributed by atoms with van der Waals surface area (Å²) < 4.78 is 2.78. The van der Waals surface area contributed by atoms with Gasteiger partial charge in [-0.3, -0.25) is 9.59 Å². The number of likely N-dealkylation sites (tertiary alicyclic amines) is 1. The van der Waals surface area contributed by atoms with Crippen LogP contribution in [0.25, 0.3) is 11.8 Å². The van der Waals surface area contributed by atoms with E-state index < -0.39 is 17.7 Å². The number of imidazole rings is 1. The van der Waals surface area contributed by atoms with Crippen LogP contribution in [-0.4, -0.2) is 43.8 Å². The third-order valence-electron chi connectivity index (χ3n) is 5.35. The first-order valence-corrected chi connectivity index (χ1v) is 11.1. The molecule has 4 rings (SSSR count). The normalized spacial score (nSPS) is 18.0. The van der Waals surface area contributed by atoms with Crippen LogP contribution in [-0.2, 0) is 16.1 Å². The number of carbonyl (C=O) groups excluding carboxylic acids is 2. The van der Waals surface area contributed by atoms with Crippen LogP contribution in [0.2, 0.25) is 0 Å². The van der Waals surface area contributed by atoms with Crippen molar-refractivity contribution in [1.82, 2.24) is 14.5 Å². The van der Waals surface area contributed by atoms with Gasteiger partial charge in [-0.1, -0.05) is 70.5 Å². The minimum absolute atomic E-state index is 0.104. The molecule has 1 saturated heterocycles. The lowest BCUT2D eigenvalue weighted by Crippen LogP contribution is -2.34. The van der Waals surface area contributed by atoms with E-state index in [4.69, 9.17) is 0 Å². The van der Waals surface area contributed by atoms with Gasteiger partial charge >= 0.3 is 0 Å². The number of aliphatic hydroxyl groups is 1. The molecular formula is C25H22BrN3O3. The Labute approximate surface area is 194 Å². The zero-order valence-corrected chi connectivity index (χ0v) is 18.9. The number of ketones is 1. The summed E-state index contributed by atoms with van der Waals surface area (Å²) in [6.45, 7) is 1.05. The number of aromatic nitrogens is 2. The highest BCUT2D eigenvalue weighted by Gasteiger charge is 2.43. The molecule has 1 fully saturated rings. The first-order valence-electron chi connectivity index (χ1n) is 10.3. The fraction of sp³-hybridized carbons (Fsp3) is 0.160. The lowest BCUT2D eigenvalue weighted by molar-refractivity contribution is -0.139. The second kappa shape index (κ2) is 9.78. The number of hydrogen-bond acceptors (Lipinski definition) is 4. The van der Waals surface area contributed by atoms with E-state index in [1.54, 1.807) is 42.9 Å². The molecule has 2 aromatic carbocycles. The molecule has 0 spiro atoms. The zero-order chi connectivity index (χ0) is 22.5. The molecule has 32 heavy (non-hydrogen) atoms. The summed E-state index contributed by atoms with van der Waals surface area (Å²) in [5.74, 6) is -1.44. The van der Waals surface area contributed by atoms with Gasteiger partial charge in [-0.25, -0.2) is 4.98 Å². The summed E-state index contributed by atoms with van der Waals surface area (Å²) in [6, 6.07) is 16.0. The molecule has 0 bridgehead atoms. The Morgan fingerprint density at radius 2 is 1.81 bits per heavy atom. The Hall–Kier alpha value is -3.45. The molecule has 0 saturated carbocycles. The van der Waals surface area contributed by atoms with Gasteiger partial charge in [0.25, 0.3) is 11.7 Å². The van der Waals surface area contributed by atoms with E-state index in [1.807, 2.05) is 47.2 Å². The molecule has 162 valence electrons. The van der Waals surface area contributed by atoms with Crippen molar-refractivity contribution < 1.29 is 14.7 Å². The SMILES string of the molecule is O=C1C(=O)N(CCCn2ccnc2)C(/C=C/c2ccccc2)/C1=C(\O)c1ccc(Br)cc1. The largest absolute Gasteiger partial charge is 0.507 e. The van der Waals surface area contributed by atoms with Gasteiger partial charge in [0.2, 0.25) is 0 Å². The molecule has 1 aromatic heterocycles. The predicted molar refractivity (Wildman–Crippen MR) is 127 cm³/mol. The molecular weight excluding hydrogens is 470 g/mol. The Bertz CT molecular complexity index is 1150. The van der Waals surface area contributed by atoms with E-state index in [0.29, 0.717) is 25.1 Å². The second-order valence-electron chi connectivity index (χ2n) is 7.47. The molecule has 1 aliphatic rings. The van der Waals surface area contributed by atoms with Crippen LogP contribution in [0.5, 0.6) is 0 Å². The van der Waals surface area contributed by atoms with Crippen LogP contribution in [0, 0.1) is 0 Å². The van der Waals surface area contributed by atoms with Gasteiger partial charge in [0.15, 0.2) is 0 Å². The third kappa shape index (κ3) is 4.73. The summed E-state index contributed by atoms with van der Waals surface area (Å²) in [4.78, 5) is 31.4. The molecule has 1 atom stereocenters. The minimum Gasteiger partial charge on any atom is -0.507 e. The maximum absolute atomic E-state index is 12.9. The number of rotatable bonds is 7. The van der Waals surface area contributed by atoms with Crippen molar-refractivity contribution in [2.45, 2.75) is 19.0 Å². The summed E-state index contributed by atoms with van der Waals surface area (Å²) >= 11 is 3.37. The zero-order valence-electron chi connectivity index (χ0n) is 17.3. The van der Waals surface area contributed by atoms with Gasteiger partial charge in [0.05, 0.1) is 17.9 Å². The van der Waals surface area contributed by atoms with Gasteiger partial charge in [-0.15, -0.1) is 0 Å². The minimum atomic E-state index is -0.671. The van der Waals surface area contributed by atoms with Crippen LogP contribution >= 0.6 is 15.9 Å². The van der Waals surface area contributed by atoms with E-state index in [1.165, 1.54) is 4.90 Å². The number of aryl methyl sites for hydroxylation is 1. The summed E-state index contributed by atoms with van der Waals surface area (Å²) in [5.41, 5.74) is 1.54. The standard InChI is InChI=1S/C25H22BrN3O3/c26-20-10-8-19(9-11-20)23(30)22-21(12-7-18-5-2-1-3-6-18)29(25(32)24(22)31)15-4-14-28-16-13-27-17-28/h1-3,5-13,16-17,21,30H,4,14-15H2/b12-7+,23-22+. The number of aliphatic hydroxyl groups excluding tert-OH is 1. The van der Waals surface area contributed by atoms with Crippen molar-refractivity contribution in [3.63, 3.8) is 0 Å². The maximum atomic E-state index is 12.9. The van der Waals surface area contributed by atoms with Gasteiger partial charge in [0, 0.05) is 35.5 Å². The average molecular weight is 492 g/mol. The number of carbonyl (C=O) groups is 2. The number of halogens is 1. The molecule has 3 aromatic rings. The fourth-order valence-electron chi connectivity index (χ4n) is 3.72. The first-order chi connectivity index (χ1) is 15.5. The maximum Gasteiger partial charge on any atom is 0.295 e. The smallest absolute Gasteiger partial charge is 0.295 e. The van der Waals surface area contributed by atoms with Crippen LogP contribution < -0.4 is 0 Å². The van der Waals surface area contributed by atoms with E-state index in [2.05, 4.69) is 20.9 Å². The monoisotopic (exact) mass is 491 g/mol. The lowest BCUT2D eigenvalue weighted by Gasteiger charge is -2.22. The quantitative estimate of drug-likeness (QED) is 0.300. The fourth-order valence-corrected chi connectivity index (χ4v) is 3.99. The van der Waals surface area contributed by atoms with Crippen molar-refractivity contribution in [2.24, 2.45) is 0 Å². The van der Waals surface area contributed by atoms with Crippen LogP contribution in [0.4, 0.5) is 0 Å². The lowest BCUT2D eigenvalue weighted by atomic mass is 10.00. The molecule has 6 nitrogen and oxygen atoms in total. The molecule has 0 aliphatic carbocycles. The van der Waals surface area contributed by atoms with Crippen molar-refractivity contribution in [3.8, 4) is 0 Å². The highest BCUT2D eigenvalue weighted by Crippen LogP contribution is 2.30. The second-order valence-corrected chi connectivity index (χ2v) is 8.38. The molecule has 2 heterocycles. The number of amides is 1. The number of hydrogen-bond donors (Lipinski definition) is 1. The van der Waals surface area contributed by atoms with Gasteiger partial charge in [-0.05, 0) is 24.1 Å². The van der Waals surface area contributed by atoms with Gasteiger partial charge < -0.3 is 14.6 Å². The molecule has 1 unspecified atom stereocenters. The molecule has 1 amide bonds. The first kappa shape index (κ1) is 21.8. The summed E-state index contributed by atoms with van der Waals surface area (Å²) in [5, 5.41) is 11.0. The van der Waals surface area contributed by atoms with E-state index >= 15 is 0 Å². The van der Waals surface area contributed by atoms with E-state index in [-0.39, 0.29) is 11.3 Å². The highest BCUT2D eigenvalue weighted by molar-refractivity contribution is 9.10. The third-order valence-corrected chi connectivity index (χ3v) is 5.88. The van der Waals surface area contributed by atoms with Gasteiger partial charge in [-0.2, -0.15) is 0 Å². The Morgan fingerprint density at radius 1 is 1.06 bits per heavy atom. The van der Waals surface area contributed by atoms with E-state index in [9.17, 15) is 14.7 Å². The van der Waals surface area contributed by atoms with Crippen LogP contribution in [0.3, 0.4) is 0 Å². The highest BCUT2D eigenvalue weighted by atomic mass is 79.9. The van der Waals surface area contributed by atoms with Crippen molar-refractivity contribution in [1.29, 1.82) is 0 Å². The van der Waals surface area contributed by atoms with Crippen molar-refractivity contribution >= 4 is 39.5 Å². The number of benzene rings is 2. The Kier molecular flexibility index (Phi) is 6.66. The molecule has 7 heteroatoms. The topological polar surface area (TPSA) is 75.4 Å². The van der Waals surface area contributed by atoms with Crippen molar-refractivity contribution in [2.75, 3.05) is 6.54 Å². The van der Waals surface area contributed by atoms with Crippen LogP contribution in [0.15, 0.2) is 89.4 Å². The molecule has 0 radical (unpaired) electrons. The molecule has 1 aliphatic heterocycles. The summed E-state index contributed by atoms with van der Waals surface area (Å²) in [6.07, 6.45) is 9.60. The van der Waals surface area contributed by atoms with Gasteiger partial charge in [0.1, 0.15) is 5.76 Å². The van der Waals surface area contributed by atoms with Crippen molar-refractivity contribution in [3.05, 3.63) is 101 Å². The summed E-state index contributed by atoms with van der Waals surface area (Å²) in [7, 11) is 0. The average Bonchev–Trinajstić information content (AvgIpc) is 3.41. The number of nitrogens with zero attached hydrogens (tertiary/aromatic N) is 3. The predicted octanol–water partition coefficient (Wildman–Crippen LogP) is 4.50. The van der Waals surface area contributed by atoms with Crippen LogP contribution in [0.1, 0.15) is 17.5 Å². The van der Waals surface area contributed by atoms with E-state index in [0.717, 1.165) is 10.0 Å². The number of Topliss-reactive ketones (excluding diaryl/α,β-unsaturated/α-hetero) is 1.